The minimum Gasteiger partial charge on any atom is -0.467 e. The fourth-order valence-electron chi connectivity index (χ4n) is 1.30. The van der Waals surface area contributed by atoms with Gasteiger partial charge in [-0.3, -0.25) is 0 Å². The average molecular weight is 287 g/mol. The summed E-state index contributed by atoms with van der Waals surface area (Å²) in [5, 5.41) is 2.46. The van der Waals surface area contributed by atoms with Gasteiger partial charge in [0.05, 0.1) is 19.8 Å². The maximum atomic E-state index is 11.7. The van der Waals surface area contributed by atoms with Crippen LogP contribution in [-0.4, -0.2) is 43.5 Å². The van der Waals surface area contributed by atoms with Gasteiger partial charge in [-0.1, -0.05) is 12.2 Å². The summed E-state index contributed by atoms with van der Waals surface area (Å²) in [6.07, 6.45) is -1.26. The molecule has 1 N–H and O–H groups in total. The van der Waals surface area contributed by atoms with E-state index < -0.39 is 29.8 Å². The maximum Gasteiger partial charge on any atom is 0.408 e. The van der Waals surface area contributed by atoms with Gasteiger partial charge >= 0.3 is 12.1 Å². The molecule has 0 heterocycles. The van der Waals surface area contributed by atoms with Crippen molar-refractivity contribution in [3.05, 3.63) is 12.2 Å². The van der Waals surface area contributed by atoms with Crippen LogP contribution >= 0.6 is 0 Å². The van der Waals surface area contributed by atoms with Gasteiger partial charge in [-0.2, -0.15) is 0 Å². The minimum atomic E-state index is -0.936. The zero-order chi connectivity index (χ0) is 15.9. The predicted molar refractivity (Wildman–Crippen MR) is 75.4 cm³/mol. The lowest BCUT2D eigenvalue weighted by atomic mass is 10.2. The summed E-state index contributed by atoms with van der Waals surface area (Å²) in [6, 6.07) is -0.936. The predicted octanol–water partition coefficient (Wildman–Crippen LogP) is 2.03. The molecule has 20 heavy (non-hydrogen) atoms. The Kier molecular flexibility index (Phi) is 7.28. The van der Waals surface area contributed by atoms with Gasteiger partial charge in [-0.15, -0.1) is 0 Å². The number of amides is 1. The molecule has 0 rings (SSSR count). The molecular formula is C14H25NO5. The molecule has 6 heteroatoms. The SMILES string of the molecule is C=C(C)COC(C)[C@H](NC(=O)OC(C)(C)C)C(=O)OC. The Morgan fingerprint density at radius 1 is 1.30 bits per heavy atom. The van der Waals surface area contributed by atoms with Crippen molar-refractivity contribution >= 4 is 12.1 Å². The molecule has 0 aromatic heterocycles. The number of carbonyl (C=O) groups excluding carboxylic acids is 2. The van der Waals surface area contributed by atoms with E-state index in [4.69, 9.17) is 9.47 Å². The first-order valence-electron chi connectivity index (χ1n) is 6.40. The number of methoxy groups -OCH3 is 1. The first-order chi connectivity index (χ1) is 9.06. The van der Waals surface area contributed by atoms with Crippen LogP contribution in [0.2, 0.25) is 0 Å². The van der Waals surface area contributed by atoms with Gasteiger partial charge in [0.1, 0.15) is 5.60 Å². The molecule has 2 atom stereocenters. The Hall–Kier alpha value is -1.56. The fourth-order valence-corrected chi connectivity index (χ4v) is 1.30. The van der Waals surface area contributed by atoms with Gasteiger partial charge in [0.25, 0.3) is 0 Å². The van der Waals surface area contributed by atoms with Crippen LogP contribution < -0.4 is 5.32 Å². The van der Waals surface area contributed by atoms with Crippen molar-refractivity contribution < 1.29 is 23.8 Å². The van der Waals surface area contributed by atoms with Crippen molar-refractivity contribution in [2.45, 2.75) is 52.4 Å². The van der Waals surface area contributed by atoms with E-state index in [0.717, 1.165) is 5.57 Å². The van der Waals surface area contributed by atoms with E-state index in [1.165, 1.54) is 7.11 Å². The third kappa shape index (κ3) is 7.78. The van der Waals surface area contributed by atoms with E-state index in [9.17, 15) is 9.59 Å². The Morgan fingerprint density at radius 3 is 2.25 bits per heavy atom. The summed E-state index contributed by atoms with van der Waals surface area (Å²) in [7, 11) is 1.25. The van der Waals surface area contributed by atoms with Crippen LogP contribution in [0, 0.1) is 0 Å². The van der Waals surface area contributed by atoms with Gasteiger partial charge in [-0.05, 0) is 34.6 Å². The molecule has 1 amide bonds. The van der Waals surface area contributed by atoms with Gasteiger partial charge in [0.2, 0.25) is 0 Å². The Balaban J connectivity index is 4.68. The molecule has 116 valence electrons. The topological polar surface area (TPSA) is 73.9 Å². The van der Waals surface area contributed by atoms with Crippen LogP contribution in [0.5, 0.6) is 0 Å². The number of carbonyl (C=O) groups is 2. The number of hydrogen-bond acceptors (Lipinski definition) is 5. The zero-order valence-corrected chi connectivity index (χ0v) is 13.1. The van der Waals surface area contributed by atoms with Crippen LogP contribution in [0.3, 0.4) is 0 Å². The van der Waals surface area contributed by atoms with Crippen LogP contribution in [0.15, 0.2) is 12.2 Å². The first kappa shape index (κ1) is 18.4. The smallest absolute Gasteiger partial charge is 0.408 e. The fraction of sp³-hybridized carbons (Fsp3) is 0.714. The van der Waals surface area contributed by atoms with Crippen LogP contribution in [0.1, 0.15) is 34.6 Å². The number of esters is 1. The summed E-state index contributed by atoms with van der Waals surface area (Å²) >= 11 is 0. The molecule has 0 aliphatic heterocycles. The molecule has 0 aromatic carbocycles. The van der Waals surface area contributed by atoms with Crippen LogP contribution in [-0.2, 0) is 19.0 Å². The molecule has 1 unspecified atom stereocenters. The summed E-state index contributed by atoms with van der Waals surface area (Å²) in [6.45, 7) is 12.7. The molecule has 0 bridgehead atoms. The summed E-state index contributed by atoms with van der Waals surface area (Å²) in [4.78, 5) is 23.4. The molecular weight excluding hydrogens is 262 g/mol. The van der Waals surface area contributed by atoms with Gasteiger partial charge < -0.3 is 19.5 Å². The second kappa shape index (κ2) is 7.89. The highest BCUT2D eigenvalue weighted by Gasteiger charge is 2.30. The van der Waals surface area contributed by atoms with Crippen LogP contribution in [0.4, 0.5) is 4.79 Å². The standard InChI is InChI=1S/C14H25NO5/c1-9(2)8-19-10(3)11(12(16)18-7)15-13(17)20-14(4,5)6/h10-11H,1,8H2,2-7H3,(H,15,17)/t10?,11-/m0/s1. The number of alkyl carbamates (subject to hydrolysis) is 1. The summed E-state index contributed by atoms with van der Waals surface area (Å²) < 4.78 is 15.2. The second-order valence-corrected chi connectivity index (χ2v) is 5.62. The van der Waals surface area contributed by atoms with Crippen molar-refractivity contribution in [1.29, 1.82) is 0 Å². The monoisotopic (exact) mass is 287 g/mol. The summed E-state index contributed by atoms with van der Waals surface area (Å²) in [5.41, 5.74) is 0.171. The lowest BCUT2D eigenvalue weighted by Crippen LogP contribution is -2.50. The molecule has 0 saturated carbocycles. The second-order valence-electron chi connectivity index (χ2n) is 5.62. The van der Waals surface area contributed by atoms with Crippen molar-refractivity contribution in [3.8, 4) is 0 Å². The maximum absolute atomic E-state index is 11.7. The van der Waals surface area contributed by atoms with Crippen molar-refractivity contribution in [1.82, 2.24) is 5.32 Å². The van der Waals surface area contributed by atoms with Crippen molar-refractivity contribution in [3.63, 3.8) is 0 Å². The van der Waals surface area contributed by atoms with E-state index in [1.807, 2.05) is 0 Å². The van der Waals surface area contributed by atoms with E-state index in [2.05, 4.69) is 16.6 Å². The van der Waals surface area contributed by atoms with Gasteiger partial charge in [-0.25, -0.2) is 9.59 Å². The van der Waals surface area contributed by atoms with E-state index in [-0.39, 0.29) is 0 Å². The minimum absolute atomic E-state index is 0.296. The molecule has 0 fully saturated rings. The highest BCUT2D eigenvalue weighted by atomic mass is 16.6. The highest BCUT2D eigenvalue weighted by molar-refractivity contribution is 5.82. The van der Waals surface area contributed by atoms with E-state index in [1.54, 1.807) is 34.6 Å². The van der Waals surface area contributed by atoms with E-state index in [0.29, 0.717) is 6.61 Å². The van der Waals surface area contributed by atoms with Gasteiger partial charge in [0.15, 0.2) is 6.04 Å². The van der Waals surface area contributed by atoms with E-state index >= 15 is 0 Å². The number of hydrogen-bond donors (Lipinski definition) is 1. The zero-order valence-electron chi connectivity index (χ0n) is 13.1. The Morgan fingerprint density at radius 2 is 1.85 bits per heavy atom. The highest BCUT2D eigenvalue weighted by Crippen LogP contribution is 2.09. The molecule has 0 spiro atoms. The Labute approximate surface area is 120 Å². The van der Waals surface area contributed by atoms with Gasteiger partial charge in [0, 0.05) is 0 Å². The number of rotatable bonds is 6. The normalized spacial score (nSPS) is 14.1. The quantitative estimate of drug-likeness (QED) is 0.597. The number of nitrogens with one attached hydrogen (secondary N) is 1. The van der Waals surface area contributed by atoms with Crippen molar-refractivity contribution in [2.75, 3.05) is 13.7 Å². The first-order valence-corrected chi connectivity index (χ1v) is 6.40. The molecule has 0 saturated heterocycles. The largest absolute Gasteiger partial charge is 0.467 e. The molecule has 0 aliphatic carbocycles. The lowest BCUT2D eigenvalue weighted by Gasteiger charge is -2.25. The third-order valence-corrected chi connectivity index (χ3v) is 2.19. The van der Waals surface area contributed by atoms with Crippen molar-refractivity contribution in [2.24, 2.45) is 0 Å². The van der Waals surface area contributed by atoms with Crippen LogP contribution in [0.25, 0.3) is 0 Å². The molecule has 0 aromatic rings. The Bertz CT molecular complexity index is 359. The average Bonchev–Trinajstić information content (AvgIpc) is 2.29. The molecule has 0 radical (unpaired) electrons. The molecule has 0 aliphatic rings. The molecule has 6 nitrogen and oxygen atoms in total. The third-order valence-electron chi connectivity index (χ3n) is 2.19. The number of ether oxygens (including phenoxy) is 3. The lowest BCUT2D eigenvalue weighted by molar-refractivity contribution is -0.146. The summed E-state index contributed by atoms with van der Waals surface area (Å²) in [5.74, 6) is -0.593.